The van der Waals surface area contributed by atoms with Gasteiger partial charge in [-0.25, -0.2) is 4.39 Å². The van der Waals surface area contributed by atoms with E-state index in [2.05, 4.69) is 5.32 Å². The van der Waals surface area contributed by atoms with E-state index in [0.29, 0.717) is 6.42 Å². The predicted octanol–water partition coefficient (Wildman–Crippen LogP) is -0.572. The lowest BCUT2D eigenvalue weighted by Crippen LogP contribution is -2.36. The average Bonchev–Trinajstić information content (AvgIpc) is 2.30. The van der Waals surface area contributed by atoms with Gasteiger partial charge in [-0.3, -0.25) is 0 Å². The molecule has 1 aliphatic rings. The molecule has 4 heteroatoms. The highest BCUT2D eigenvalue weighted by molar-refractivity contribution is 4.97. The number of alkyl halides is 1. The lowest BCUT2D eigenvalue weighted by Gasteiger charge is -2.10. The van der Waals surface area contributed by atoms with Crippen molar-refractivity contribution in [2.75, 3.05) is 6.61 Å². The Bertz CT molecular complexity index is 116. The molecule has 66 valence electrons. The van der Waals surface area contributed by atoms with Gasteiger partial charge >= 0.3 is 0 Å². The Balaban J connectivity index is 2.53. The third-order valence-corrected chi connectivity index (χ3v) is 2.19. The molecule has 0 aliphatic carbocycles. The van der Waals surface area contributed by atoms with Gasteiger partial charge in [0.1, 0.15) is 12.3 Å². The number of aliphatic hydroxyl groups is 2. The molecule has 1 fully saturated rings. The van der Waals surface area contributed by atoms with E-state index in [1.165, 1.54) is 0 Å². The second-order valence-corrected chi connectivity index (χ2v) is 2.91. The van der Waals surface area contributed by atoms with Gasteiger partial charge < -0.3 is 15.5 Å². The monoisotopic (exact) mass is 163 g/mol. The fourth-order valence-electron chi connectivity index (χ4n) is 1.43. The molecule has 4 atom stereocenters. The Hall–Kier alpha value is -0.190. The fourth-order valence-corrected chi connectivity index (χ4v) is 1.43. The Morgan fingerprint density at radius 1 is 1.45 bits per heavy atom. The van der Waals surface area contributed by atoms with Crippen LogP contribution in [0.2, 0.25) is 0 Å². The molecule has 1 aliphatic heterocycles. The van der Waals surface area contributed by atoms with Gasteiger partial charge in [-0.05, 0) is 6.42 Å². The van der Waals surface area contributed by atoms with Crippen LogP contribution in [0.25, 0.3) is 0 Å². The van der Waals surface area contributed by atoms with E-state index in [0.717, 1.165) is 0 Å². The molecule has 3 nitrogen and oxygen atoms in total. The minimum Gasteiger partial charge on any atom is -0.395 e. The lowest BCUT2D eigenvalue weighted by molar-refractivity contribution is 0.0673. The molecule has 0 amide bonds. The molecule has 0 aromatic rings. The van der Waals surface area contributed by atoms with Gasteiger partial charge in [0.25, 0.3) is 0 Å². The van der Waals surface area contributed by atoms with Crippen LogP contribution in [0.15, 0.2) is 0 Å². The Labute approximate surface area is 65.2 Å². The Morgan fingerprint density at radius 2 is 2.09 bits per heavy atom. The second-order valence-electron chi connectivity index (χ2n) is 2.91. The molecule has 1 rings (SSSR count). The summed E-state index contributed by atoms with van der Waals surface area (Å²) in [5, 5.41) is 20.7. The minimum absolute atomic E-state index is 0.210. The van der Waals surface area contributed by atoms with Gasteiger partial charge in [-0.2, -0.15) is 0 Å². The molecule has 1 heterocycles. The van der Waals surface area contributed by atoms with Crippen LogP contribution in [0, 0.1) is 0 Å². The Kier molecular flexibility index (Phi) is 2.81. The van der Waals surface area contributed by atoms with Crippen molar-refractivity contribution in [2.45, 2.75) is 37.7 Å². The number of rotatable bonds is 2. The van der Waals surface area contributed by atoms with Crippen LogP contribution < -0.4 is 5.32 Å². The summed E-state index contributed by atoms with van der Waals surface area (Å²) in [4.78, 5) is 0. The summed E-state index contributed by atoms with van der Waals surface area (Å²) in [5.41, 5.74) is 0. The molecule has 0 aromatic carbocycles. The van der Waals surface area contributed by atoms with E-state index >= 15 is 0 Å². The summed E-state index contributed by atoms with van der Waals surface area (Å²) in [6, 6.07) is -0.794. The quantitative estimate of drug-likeness (QED) is 0.511. The lowest BCUT2D eigenvalue weighted by atomic mass is 10.1. The molecule has 3 N–H and O–H groups in total. The third-order valence-electron chi connectivity index (χ3n) is 2.19. The zero-order valence-electron chi connectivity index (χ0n) is 6.50. The molecule has 0 spiro atoms. The van der Waals surface area contributed by atoms with E-state index in [1.807, 2.05) is 6.92 Å². The van der Waals surface area contributed by atoms with Gasteiger partial charge in [-0.1, -0.05) is 6.92 Å². The SMILES string of the molecule is CC[C@@H]1N[C@H](CO)[C@@H](O)[C@H]1F. The van der Waals surface area contributed by atoms with E-state index in [4.69, 9.17) is 10.2 Å². The number of hydrogen-bond acceptors (Lipinski definition) is 3. The molecule has 0 unspecified atom stereocenters. The van der Waals surface area contributed by atoms with Gasteiger partial charge in [0.05, 0.1) is 12.6 Å². The maximum absolute atomic E-state index is 13.0. The fraction of sp³-hybridized carbons (Fsp3) is 1.00. The van der Waals surface area contributed by atoms with Crippen LogP contribution >= 0.6 is 0 Å². The summed E-state index contributed by atoms with van der Waals surface area (Å²) in [5.74, 6) is 0. The van der Waals surface area contributed by atoms with E-state index in [9.17, 15) is 4.39 Å². The van der Waals surface area contributed by atoms with Crippen molar-refractivity contribution < 1.29 is 14.6 Å². The standard InChI is InChI=1S/C7H14FNO2/c1-2-4-6(8)7(11)5(3-10)9-4/h4-7,9-11H,2-3H2,1H3/t4-,5+,6-,7+/m0/s1. The first-order valence-corrected chi connectivity index (χ1v) is 3.89. The normalized spacial score (nSPS) is 44.7. The summed E-state index contributed by atoms with van der Waals surface area (Å²) < 4.78 is 13.0. The molecule has 0 radical (unpaired) electrons. The van der Waals surface area contributed by atoms with Gasteiger partial charge in [0.2, 0.25) is 0 Å². The van der Waals surface area contributed by atoms with Crippen molar-refractivity contribution in [3.8, 4) is 0 Å². The molecule has 11 heavy (non-hydrogen) atoms. The van der Waals surface area contributed by atoms with Crippen LogP contribution in [0.1, 0.15) is 13.3 Å². The number of halogens is 1. The number of hydrogen-bond donors (Lipinski definition) is 3. The number of aliphatic hydroxyl groups excluding tert-OH is 2. The Morgan fingerprint density at radius 3 is 2.36 bits per heavy atom. The summed E-state index contributed by atoms with van der Waals surface area (Å²) >= 11 is 0. The van der Waals surface area contributed by atoms with Crippen LogP contribution in [0.5, 0.6) is 0 Å². The van der Waals surface area contributed by atoms with Crippen LogP contribution in [0.4, 0.5) is 4.39 Å². The van der Waals surface area contributed by atoms with Crippen molar-refractivity contribution in [3.63, 3.8) is 0 Å². The van der Waals surface area contributed by atoms with Crippen LogP contribution in [-0.4, -0.2) is 41.2 Å². The summed E-state index contributed by atoms with van der Waals surface area (Å²) in [7, 11) is 0. The van der Waals surface area contributed by atoms with Crippen molar-refractivity contribution in [2.24, 2.45) is 0 Å². The van der Waals surface area contributed by atoms with Crippen molar-refractivity contribution in [1.29, 1.82) is 0 Å². The topological polar surface area (TPSA) is 52.5 Å². The van der Waals surface area contributed by atoms with Gasteiger partial charge in [0.15, 0.2) is 0 Å². The average molecular weight is 163 g/mol. The minimum atomic E-state index is -1.24. The first kappa shape index (κ1) is 8.90. The van der Waals surface area contributed by atoms with E-state index < -0.39 is 18.3 Å². The molecule has 0 aromatic heterocycles. The largest absolute Gasteiger partial charge is 0.395 e. The zero-order valence-corrected chi connectivity index (χ0v) is 6.50. The highest BCUT2D eigenvalue weighted by atomic mass is 19.1. The summed E-state index contributed by atoms with van der Waals surface area (Å²) in [6.45, 7) is 1.63. The van der Waals surface area contributed by atoms with Crippen molar-refractivity contribution >= 4 is 0 Å². The third kappa shape index (κ3) is 1.52. The van der Waals surface area contributed by atoms with Crippen LogP contribution in [0.3, 0.4) is 0 Å². The van der Waals surface area contributed by atoms with Gasteiger partial charge in [0, 0.05) is 6.04 Å². The van der Waals surface area contributed by atoms with Gasteiger partial charge in [-0.15, -0.1) is 0 Å². The predicted molar refractivity (Wildman–Crippen MR) is 39.0 cm³/mol. The smallest absolute Gasteiger partial charge is 0.143 e. The van der Waals surface area contributed by atoms with E-state index in [1.54, 1.807) is 0 Å². The molecular weight excluding hydrogens is 149 g/mol. The number of nitrogens with one attached hydrogen (secondary N) is 1. The first-order chi connectivity index (χ1) is 5.20. The maximum Gasteiger partial charge on any atom is 0.143 e. The first-order valence-electron chi connectivity index (χ1n) is 3.89. The highest BCUT2D eigenvalue weighted by Crippen LogP contribution is 2.19. The zero-order chi connectivity index (χ0) is 8.43. The molecule has 0 bridgehead atoms. The summed E-state index contributed by atoms with van der Waals surface area (Å²) in [6.07, 6.45) is -1.66. The molecular formula is C7H14FNO2. The van der Waals surface area contributed by atoms with Crippen LogP contribution in [-0.2, 0) is 0 Å². The molecule has 0 saturated carbocycles. The molecule has 1 saturated heterocycles. The van der Waals surface area contributed by atoms with Crippen molar-refractivity contribution in [1.82, 2.24) is 5.32 Å². The highest BCUT2D eigenvalue weighted by Gasteiger charge is 2.40. The maximum atomic E-state index is 13.0. The second kappa shape index (κ2) is 3.47. The van der Waals surface area contributed by atoms with E-state index in [-0.39, 0.29) is 12.6 Å². The van der Waals surface area contributed by atoms with Crippen molar-refractivity contribution in [3.05, 3.63) is 0 Å².